The van der Waals surface area contributed by atoms with Crippen LogP contribution >= 0.6 is 15.9 Å². The van der Waals surface area contributed by atoms with E-state index in [2.05, 4.69) is 25.9 Å². The van der Waals surface area contributed by atoms with Crippen molar-refractivity contribution in [2.75, 3.05) is 6.54 Å². The average molecular weight is 284 g/mol. The van der Waals surface area contributed by atoms with Crippen molar-refractivity contribution in [3.8, 4) is 0 Å². The number of halogens is 1. The summed E-state index contributed by atoms with van der Waals surface area (Å²) >= 11 is 3.39. The third kappa shape index (κ3) is 2.58. The van der Waals surface area contributed by atoms with Gasteiger partial charge >= 0.3 is 0 Å². The zero-order valence-electron chi connectivity index (χ0n) is 9.19. The van der Waals surface area contributed by atoms with Gasteiger partial charge in [-0.1, -0.05) is 15.9 Å². The molecule has 5 heteroatoms. The third-order valence-corrected chi connectivity index (χ3v) is 3.50. The number of aromatic nitrogens is 2. The Morgan fingerprint density at radius 3 is 3.00 bits per heavy atom. The summed E-state index contributed by atoms with van der Waals surface area (Å²) in [5.41, 5.74) is 1.74. The lowest BCUT2D eigenvalue weighted by Crippen LogP contribution is -2.41. The molecule has 1 aliphatic heterocycles. The molecule has 0 bridgehead atoms. The van der Waals surface area contributed by atoms with Crippen LogP contribution in [-0.2, 0) is 11.3 Å². The number of carbonyl (C=O) groups is 1. The second-order valence-electron chi connectivity index (χ2n) is 4.02. The number of likely N-dealkylation sites (tertiary alicyclic amines) is 1. The minimum Gasteiger partial charge on any atom is -0.336 e. The van der Waals surface area contributed by atoms with Crippen LogP contribution in [0.4, 0.5) is 0 Å². The van der Waals surface area contributed by atoms with Gasteiger partial charge in [0.2, 0.25) is 5.91 Å². The molecule has 2 heterocycles. The van der Waals surface area contributed by atoms with Crippen molar-refractivity contribution < 1.29 is 4.79 Å². The van der Waals surface area contributed by atoms with Gasteiger partial charge in [0.1, 0.15) is 0 Å². The molecule has 86 valence electrons. The van der Waals surface area contributed by atoms with E-state index in [0.717, 1.165) is 30.8 Å². The lowest BCUT2D eigenvalue weighted by Gasteiger charge is -2.29. The topological polar surface area (TPSA) is 46.1 Å². The van der Waals surface area contributed by atoms with Crippen molar-refractivity contribution in [2.24, 2.45) is 0 Å². The molecule has 1 aliphatic rings. The van der Waals surface area contributed by atoms with Crippen LogP contribution in [0.25, 0.3) is 0 Å². The first kappa shape index (κ1) is 11.5. The van der Waals surface area contributed by atoms with E-state index in [0.29, 0.717) is 6.54 Å². The molecule has 1 amide bonds. The number of carbonyl (C=O) groups excluding carboxylic acids is 1. The second-order valence-corrected chi connectivity index (χ2v) is 5.12. The van der Waals surface area contributed by atoms with E-state index in [1.807, 2.05) is 11.8 Å². The molecule has 1 aromatic rings. The summed E-state index contributed by atoms with van der Waals surface area (Å²) in [5.74, 6) is 0.161. The van der Waals surface area contributed by atoms with Crippen LogP contribution in [0.2, 0.25) is 0 Å². The molecular formula is C11H14BrN3O. The highest BCUT2D eigenvalue weighted by molar-refractivity contribution is 9.10. The fraction of sp³-hybridized carbons (Fsp3) is 0.545. The van der Waals surface area contributed by atoms with Crippen molar-refractivity contribution in [3.05, 3.63) is 23.8 Å². The highest BCUT2D eigenvalue weighted by atomic mass is 79.9. The SMILES string of the molecule is Cc1cnc(CN2CCCC(Br)C2=O)cn1. The Bertz CT molecular complexity index is 379. The summed E-state index contributed by atoms with van der Waals surface area (Å²) in [4.78, 5) is 22.1. The van der Waals surface area contributed by atoms with E-state index in [4.69, 9.17) is 0 Å². The molecule has 2 rings (SSSR count). The molecule has 1 saturated heterocycles. The van der Waals surface area contributed by atoms with Crippen molar-refractivity contribution in [2.45, 2.75) is 31.1 Å². The summed E-state index contributed by atoms with van der Waals surface area (Å²) in [6, 6.07) is 0. The first-order valence-electron chi connectivity index (χ1n) is 5.37. The maximum absolute atomic E-state index is 11.8. The molecule has 0 aromatic carbocycles. The number of nitrogens with zero attached hydrogens (tertiary/aromatic N) is 3. The van der Waals surface area contributed by atoms with Crippen molar-refractivity contribution in [3.63, 3.8) is 0 Å². The monoisotopic (exact) mass is 283 g/mol. The Balaban J connectivity index is 2.03. The third-order valence-electron chi connectivity index (χ3n) is 2.65. The van der Waals surface area contributed by atoms with Crippen LogP contribution in [-0.4, -0.2) is 32.1 Å². The largest absolute Gasteiger partial charge is 0.336 e. The molecule has 16 heavy (non-hydrogen) atoms. The summed E-state index contributed by atoms with van der Waals surface area (Å²) in [6.07, 6.45) is 5.44. The van der Waals surface area contributed by atoms with Gasteiger partial charge in [-0.15, -0.1) is 0 Å². The number of hydrogen-bond donors (Lipinski definition) is 0. The molecule has 0 spiro atoms. The fourth-order valence-corrected chi connectivity index (χ4v) is 2.36. The number of amides is 1. The first-order valence-corrected chi connectivity index (χ1v) is 6.29. The number of rotatable bonds is 2. The molecule has 0 N–H and O–H groups in total. The zero-order valence-corrected chi connectivity index (χ0v) is 10.8. The Morgan fingerprint density at radius 2 is 2.31 bits per heavy atom. The van der Waals surface area contributed by atoms with Gasteiger partial charge in [-0.05, 0) is 19.8 Å². The molecule has 0 saturated carbocycles. The van der Waals surface area contributed by atoms with Gasteiger partial charge in [-0.3, -0.25) is 14.8 Å². The van der Waals surface area contributed by atoms with Crippen LogP contribution < -0.4 is 0 Å². The highest BCUT2D eigenvalue weighted by Crippen LogP contribution is 2.19. The van der Waals surface area contributed by atoms with Crippen molar-refractivity contribution in [1.82, 2.24) is 14.9 Å². The molecule has 1 atom stereocenters. The van der Waals surface area contributed by atoms with Crippen LogP contribution in [0.3, 0.4) is 0 Å². The van der Waals surface area contributed by atoms with Crippen LogP contribution in [0.15, 0.2) is 12.4 Å². The Morgan fingerprint density at radius 1 is 1.50 bits per heavy atom. The summed E-state index contributed by atoms with van der Waals surface area (Å²) in [7, 11) is 0. The van der Waals surface area contributed by atoms with Crippen molar-refractivity contribution in [1.29, 1.82) is 0 Å². The van der Waals surface area contributed by atoms with Gasteiger partial charge in [-0.2, -0.15) is 0 Å². The van der Waals surface area contributed by atoms with E-state index in [9.17, 15) is 4.79 Å². The number of hydrogen-bond acceptors (Lipinski definition) is 3. The van der Waals surface area contributed by atoms with Gasteiger partial charge in [0, 0.05) is 12.7 Å². The molecule has 0 radical (unpaired) electrons. The Hall–Kier alpha value is -0.970. The van der Waals surface area contributed by atoms with E-state index >= 15 is 0 Å². The predicted molar refractivity (Wildman–Crippen MR) is 64.1 cm³/mol. The van der Waals surface area contributed by atoms with E-state index in [1.165, 1.54) is 0 Å². The second kappa shape index (κ2) is 4.91. The normalized spacial score (nSPS) is 21.2. The van der Waals surface area contributed by atoms with Crippen LogP contribution in [0.1, 0.15) is 24.2 Å². The number of alkyl halides is 1. The zero-order chi connectivity index (χ0) is 11.5. The van der Waals surface area contributed by atoms with Gasteiger partial charge in [0.05, 0.1) is 29.0 Å². The molecular weight excluding hydrogens is 270 g/mol. The van der Waals surface area contributed by atoms with Crippen LogP contribution in [0, 0.1) is 6.92 Å². The molecule has 4 nitrogen and oxygen atoms in total. The Kier molecular flexibility index (Phi) is 3.53. The van der Waals surface area contributed by atoms with Gasteiger partial charge in [0.15, 0.2) is 0 Å². The highest BCUT2D eigenvalue weighted by Gasteiger charge is 2.26. The standard InChI is InChI=1S/C11H14BrN3O/c1-8-5-14-9(6-13-8)7-15-4-2-3-10(12)11(15)16/h5-6,10H,2-4,7H2,1H3. The van der Waals surface area contributed by atoms with E-state index in [1.54, 1.807) is 12.4 Å². The molecule has 1 unspecified atom stereocenters. The van der Waals surface area contributed by atoms with E-state index < -0.39 is 0 Å². The summed E-state index contributed by atoms with van der Waals surface area (Å²) in [6.45, 7) is 3.28. The smallest absolute Gasteiger partial charge is 0.236 e. The average Bonchev–Trinajstić information content (AvgIpc) is 2.28. The quantitative estimate of drug-likeness (QED) is 0.776. The summed E-state index contributed by atoms with van der Waals surface area (Å²) in [5, 5.41) is 0. The van der Waals surface area contributed by atoms with Gasteiger partial charge < -0.3 is 4.90 Å². The first-order chi connectivity index (χ1) is 7.66. The molecule has 0 aliphatic carbocycles. The maximum atomic E-state index is 11.8. The number of piperidine rings is 1. The Labute approximate surface area is 103 Å². The lowest BCUT2D eigenvalue weighted by atomic mass is 10.1. The molecule has 1 aromatic heterocycles. The molecule has 1 fully saturated rings. The maximum Gasteiger partial charge on any atom is 0.236 e. The lowest BCUT2D eigenvalue weighted by molar-refractivity contribution is -0.133. The fourth-order valence-electron chi connectivity index (χ4n) is 1.75. The predicted octanol–water partition coefficient (Wildman–Crippen LogP) is 1.67. The van der Waals surface area contributed by atoms with Gasteiger partial charge in [-0.25, -0.2) is 0 Å². The minimum atomic E-state index is -0.0281. The van der Waals surface area contributed by atoms with Gasteiger partial charge in [0.25, 0.3) is 0 Å². The number of aryl methyl sites for hydroxylation is 1. The summed E-state index contributed by atoms with van der Waals surface area (Å²) < 4.78 is 0. The van der Waals surface area contributed by atoms with Crippen LogP contribution in [0.5, 0.6) is 0 Å². The van der Waals surface area contributed by atoms with Crippen molar-refractivity contribution >= 4 is 21.8 Å². The van der Waals surface area contributed by atoms with E-state index in [-0.39, 0.29) is 10.7 Å². The minimum absolute atomic E-state index is 0.0281.